The van der Waals surface area contributed by atoms with Crippen LogP contribution in [0.1, 0.15) is 42.9 Å². The molecule has 0 radical (unpaired) electrons. The summed E-state index contributed by atoms with van der Waals surface area (Å²) in [6, 6.07) is 3.96. The molecule has 2 fully saturated rings. The van der Waals surface area contributed by atoms with Gasteiger partial charge < -0.3 is 10.2 Å². The molecule has 3 heterocycles. The molecular formula is C17H18F3N5. The SMILES string of the molecule is FC(F)(F)c1cnc(N2CCCC2c2cccnc2)nc1NC1CC1. The van der Waals surface area contributed by atoms with E-state index in [1.165, 1.54) is 0 Å². The van der Waals surface area contributed by atoms with Crippen molar-refractivity contribution in [1.82, 2.24) is 15.0 Å². The van der Waals surface area contributed by atoms with E-state index in [1.807, 2.05) is 17.0 Å². The van der Waals surface area contributed by atoms with Gasteiger partial charge in [-0.15, -0.1) is 0 Å². The maximum atomic E-state index is 13.2. The van der Waals surface area contributed by atoms with Gasteiger partial charge >= 0.3 is 6.18 Å². The second-order valence-electron chi connectivity index (χ2n) is 6.49. The summed E-state index contributed by atoms with van der Waals surface area (Å²) >= 11 is 0. The monoisotopic (exact) mass is 349 g/mol. The summed E-state index contributed by atoms with van der Waals surface area (Å²) in [5, 5.41) is 2.90. The zero-order chi connectivity index (χ0) is 17.4. The van der Waals surface area contributed by atoms with Crippen LogP contribution in [-0.4, -0.2) is 27.5 Å². The van der Waals surface area contributed by atoms with Crippen LogP contribution < -0.4 is 10.2 Å². The van der Waals surface area contributed by atoms with E-state index in [4.69, 9.17) is 0 Å². The summed E-state index contributed by atoms with van der Waals surface area (Å²) in [6.45, 7) is 0.716. The van der Waals surface area contributed by atoms with Crippen LogP contribution in [0.25, 0.3) is 0 Å². The predicted molar refractivity (Wildman–Crippen MR) is 87.2 cm³/mol. The first kappa shape index (κ1) is 16.1. The van der Waals surface area contributed by atoms with Gasteiger partial charge in [0.15, 0.2) is 0 Å². The first-order valence-electron chi connectivity index (χ1n) is 8.40. The van der Waals surface area contributed by atoms with E-state index in [0.29, 0.717) is 12.5 Å². The Kier molecular flexibility index (Phi) is 3.97. The second kappa shape index (κ2) is 6.16. The fraction of sp³-hybridized carbons (Fsp3) is 0.471. The molecule has 0 bridgehead atoms. The number of aromatic nitrogens is 3. The average molecular weight is 349 g/mol. The lowest BCUT2D eigenvalue weighted by Crippen LogP contribution is -2.26. The summed E-state index contributed by atoms with van der Waals surface area (Å²) in [5.41, 5.74) is 0.223. The lowest BCUT2D eigenvalue weighted by atomic mass is 10.1. The highest BCUT2D eigenvalue weighted by Crippen LogP contribution is 2.39. The Morgan fingerprint density at radius 2 is 2.00 bits per heavy atom. The van der Waals surface area contributed by atoms with Gasteiger partial charge in [-0.05, 0) is 37.3 Å². The number of halogens is 3. The average Bonchev–Trinajstić information content (AvgIpc) is 3.26. The van der Waals surface area contributed by atoms with Gasteiger partial charge in [0.2, 0.25) is 5.95 Å². The van der Waals surface area contributed by atoms with Crippen molar-refractivity contribution in [2.75, 3.05) is 16.8 Å². The summed E-state index contributed by atoms with van der Waals surface area (Å²) in [4.78, 5) is 14.4. The van der Waals surface area contributed by atoms with Gasteiger partial charge in [-0.2, -0.15) is 18.2 Å². The van der Waals surface area contributed by atoms with Crippen molar-refractivity contribution in [3.63, 3.8) is 0 Å². The standard InChI is InChI=1S/C17H18F3N5/c18-17(19,20)13-10-22-16(24-15(13)23-12-5-6-12)25-8-2-4-14(25)11-3-1-7-21-9-11/h1,3,7,9-10,12,14H,2,4-6,8H2,(H,22,23,24). The third-order valence-electron chi connectivity index (χ3n) is 4.58. The second-order valence-corrected chi connectivity index (χ2v) is 6.49. The molecule has 4 rings (SSSR count). The molecule has 2 aromatic heterocycles. The largest absolute Gasteiger partial charge is 0.421 e. The number of pyridine rings is 1. The van der Waals surface area contributed by atoms with E-state index >= 15 is 0 Å². The highest BCUT2D eigenvalue weighted by atomic mass is 19.4. The van der Waals surface area contributed by atoms with Gasteiger partial charge in [0.1, 0.15) is 11.4 Å². The third kappa shape index (κ3) is 3.38. The number of nitrogens with one attached hydrogen (secondary N) is 1. The van der Waals surface area contributed by atoms with Crippen molar-refractivity contribution in [3.8, 4) is 0 Å². The van der Waals surface area contributed by atoms with Crippen molar-refractivity contribution < 1.29 is 13.2 Å². The number of nitrogens with zero attached hydrogens (tertiary/aromatic N) is 4. The topological polar surface area (TPSA) is 53.9 Å². The first-order valence-corrected chi connectivity index (χ1v) is 8.40. The van der Waals surface area contributed by atoms with Crippen LogP contribution in [0.3, 0.4) is 0 Å². The molecule has 1 N–H and O–H groups in total. The van der Waals surface area contributed by atoms with E-state index in [0.717, 1.165) is 37.4 Å². The fourth-order valence-electron chi connectivity index (χ4n) is 3.18. The Labute approximate surface area is 143 Å². The van der Waals surface area contributed by atoms with Gasteiger partial charge in [0, 0.05) is 31.2 Å². The molecule has 1 atom stereocenters. The van der Waals surface area contributed by atoms with Crippen LogP contribution in [0.4, 0.5) is 24.9 Å². The highest BCUT2D eigenvalue weighted by Gasteiger charge is 2.38. The quantitative estimate of drug-likeness (QED) is 0.910. The minimum atomic E-state index is -4.47. The molecule has 0 amide bonds. The van der Waals surface area contributed by atoms with Crippen LogP contribution >= 0.6 is 0 Å². The van der Waals surface area contributed by atoms with Crippen molar-refractivity contribution >= 4 is 11.8 Å². The maximum Gasteiger partial charge on any atom is 0.421 e. The van der Waals surface area contributed by atoms with Gasteiger partial charge in [-0.25, -0.2) is 4.98 Å². The molecule has 1 aliphatic heterocycles. The van der Waals surface area contributed by atoms with Gasteiger partial charge in [-0.1, -0.05) is 6.07 Å². The van der Waals surface area contributed by atoms with Crippen LogP contribution in [0.2, 0.25) is 0 Å². The Bertz CT molecular complexity index is 746. The summed E-state index contributed by atoms with van der Waals surface area (Å²) < 4.78 is 39.7. The molecule has 2 aromatic rings. The number of alkyl halides is 3. The number of hydrogen-bond donors (Lipinski definition) is 1. The molecule has 1 saturated carbocycles. The van der Waals surface area contributed by atoms with Crippen molar-refractivity contribution in [1.29, 1.82) is 0 Å². The van der Waals surface area contributed by atoms with E-state index < -0.39 is 11.7 Å². The lowest BCUT2D eigenvalue weighted by molar-refractivity contribution is -0.137. The molecule has 132 valence electrons. The Hall–Kier alpha value is -2.38. The minimum Gasteiger partial charge on any atom is -0.367 e. The molecule has 8 heteroatoms. The summed E-state index contributed by atoms with van der Waals surface area (Å²) in [6.07, 6.45) is 3.51. The molecule has 0 aromatic carbocycles. The maximum absolute atomic E-state index is 13.2. The number of hydrogen-bond acceptors (Lipinski definition) is 5. The number of anilines is 2. The van der Waals surface area contributed by atoms with E-state index in [1.54, 1.807) is 12.4 Å². The van der Waals surface area contributed by atoms with Crippen molar-refractivity contribution in [3.05, 3.63) is 41.9 Å². The summed E-state index contributed by atoms with van der Waals surface area (Å²) in [5.74, 6) is 0.222. The molecule has 1 unspecified atom stereocenters. The van der Waals surface area contributed by atoms with Crippen molar-refractivity contribution in [2.45, 2.75) is 43.9 Å². The van der Waals surface area contributed by atoms with Gasteiger partial charge in [0.25, 0.3) is 0 Å². The minimum absolute atomic E-state index is 0.0409. The Morgan fingerprint density at radius 3 is 2.68 bits per heavy atom. The zero-order valence-electron chi connectivity index (χ0n) is 13.5. The Morgan fingerprint density at radius 1 is 1.16 bits per heavy atom. The van der Waals surface area contributed by atoms with Crippen LogP contribution in [0.5, 0.6) is 0 Å². The first-order chi connectivity index (χ1) is 12.0. The molecule has 25 heavy (non-hydrogen) atoms. The van der Waals surface area contributed by atoms with Crippen LogP contribution in [0, 0.1) is 0 Å². The number of rotatable bonds is 4. The smallest absolute Gasteiger partial charge is 0.367 e. The van der Waals surface area contributed by atoms with Crippen LogP contribution in [-0.2, 0) is 6.18 Å². The van der Waals surface area contributed by atoms with E-state index in [2.05, 4.69) is 20.3 Å². The third-order valence-corrected chi connectivity index (χ3v) is 4.58. The van der Waals surface area contributed by atoms with Gasteiger partial charge in [0.05, 0.1) is 6.04 Å². The molecule has 1 aliphatic carbocycles. The van der Waals surface area contributed by atoms with E-state index in [9.17, 15) is 13.2 Å². The summed E-state index contributed by atoms with van der Waals surface area (Å²) in [7, 11) is 0. The molecular weight excluding hydrogens is 331 g/mol. The van der Waals surface area contributed by atoms with Gasteiger partial charge in [-0.3, -0.25) is 4.98 Å². The molecule has 1 saturated heterocycles. The Balaban J connectivity index is 1.67. The lowest BCUT2D eigenvalue weighted by Gasteiger charge is -2.26. The van der Waals surface area contributed by atoms with Crippen molar-refractivity contribution in [2.24, 2.45) is 0 Å². The van der Waals surface area contributed by atoms with E-state index in [-0.39, 0.29) is 17.9 Å². The fourth-order valence-corrected chi connectivity index (χ4v) is 3.18. The molecule has 5 nitrogen and oxygen atoms in total. The van der Waals surface area contributed by atoms with Crippen LogP contribution in [0.15, 0.2) is 30.7 Å². The zero-order valence-corrected chi connectivity index (χ0v) is 13.5. The molecule has 2 aliphatic rings. The predicted octanol–water partition coefficient (Wildman–Crippen LogP) is 3.81. The normalized spacial score (nSPS) is 20.8. The molecule has 0 spiro atoms. The highest BCUT2D eigenvalue weighted by molar-refractivity contribution is 5.52.